The second-order valence-electron chi connectivity index (χ2n) is 5.60. The van der Waals surface area contributed by atoms with Crippen molar-refractivity contribution in [2.75, 3.05) is 0 Å². The second-order valence-corrected chi connectivity index (χ2v) is 5.60. The third kappa shape index (κ3) is 2.98. The molecular formula is C18H18O3. The van der Waals surface area contributed by atoms with Crippen LogP contribution in [0.2, 0.25) is 0 Å². The van der Waals surface area contributed by atoms with Crippen molar-refractivity contribution in [1.82, 2.24) is 0 Å². The zero-order chi connectivity index (χ0) is 14.7. The Hall–Kier alpha value is -2.13. The van der Waals surface area contributed by atoms with Gasteiger partial charge in [0.25, 0.3) is 0 Å². The molecule has 108 valence electrons. The molecule has 0 bridgehead atoms. The minimum absolute atomic E-state index is 0.209. The van der Waals surface area contributed by atoms with E-state index >= 15 is 0 Å². The summed E-state index contributed by atoms with van der Waals surface area (Å²) in [6, 6.07) is 19.1. The molecule has 21 heavy (non-hydrogen) atoms. The SMILES string of the molecule is O=C(OCc1ccccc1)C1CC(O)(c2ccccc2)C1. The molecule has 1 aliphatic carbocycles. The van der Waals surface area contributed by atoms with E-state index in [9.17, 15) is 9.90 Å². The topological polar surface area (TPSA) is 46.5 Å². The maximum Gasteiger partial charge on any atom is 0.309 e. The molecule has 2 aromatic carbocycles. The highest BCUT2D eigenvalue weighted by Gasteiger charge is 2.47. The van der Waals surface area contributed by atoms with Crippen molar-refractivity contribution in [3.05, 3.63) is 71.8 Å². The molecule has 1 saturated carbocycles. The number of ether oxygens (including phenoxy) is 1. The van der Waals surface area contributed by atoms with E-state index in [0.29, 0.717) is 19.4 Å². The zero-order valence-electron chi connectivity index (χ0n) is 11.7. The van der Waals surface area contributed by atoms with Crippen LogP contribution >= 0.6 is 0 Å². The standard InChI is InChI=1S/C18H18O3/c19-17(21-13-14-7-3-1-4-8-14)15-11-18(20,12-15)16-9-5-2-6-10-16/h1-10,15,20H,11-13H2. The Labute approximate surface area is 124 Å². The van der Waals surface area contributed by atoms with E-state index in [1.54, 1.807) is 0 Å². The lowest BCUT2D eigenvalue weighted by atomic mass is 9.67. The maximum atomic E-state index is 12.0. The lowest BCUT2D eigenvalue weighted by Crippen LogP contribution is -2.45. The summed E-state index contributed by atoms with van der Waals surface area (Å²) < 4.78 is 5.31. The van der Waals surface area contributed by atoms with E-state index < -0.39 is 5.60 Å². The van der Waals surface area contributed by atoms with Gasteiger partial charge < -0.3 is 9.84 Å². The van der Waals surface area contributed by atoms with Gasteiger partial charge in [-0.2, -0.15) is 0 Å². The summed E-state index contributed by atoms with van der Waals surface area (Å²) in [5.74, 6) is -0.432. The van der Waals surface area contributed by atoms with Crippen LogP contribution in [-0.2, 0) is 21.7 Å². The Kier molecular flexibility index (Phi) is 3.76. The van der Waals surface area contributed by atoms with Gasteiger partial charge in [0, 0.05) is 0 Å². The van der Waals surface area contributed by atoms with E-state index in [1.165, 1.54) is 0 Å². The number of carbonyl (C=O) groups excluding carboxylic acids is 1. The number of benzene rings is 2. The van der Waals surface area contributed by atoms with Gasteiger partial charge in [0.2, 0.25) is 0 Å². The van der Waals surface area contributed by atoms with Crippen LogP contribution < -0.4 is 0 Å². The van der Waals surface area contributed by atoms with Crippen molar-refractivity contribution in [2.24, 2.45) is 5.92 Å². The molecule has 0 atom stereocenters. The first kappa shape index (κ1) is 13.8. The van der Waals surface area contributed by atoms with E-state index in [-0.39, 0.29) is 11.9 Å². The molecule has 0 amide bonds. The summed E-state index contributed by atoms with van der Waals surface area (Å²) >= 11 is 0. The van der Waals surface area contributed by atoms with Crippen LogP contribution in [0.15, 0.2) is 60.7 Å². The normalized spacial score (nSPS) is 24.1. The van der Waals surface area contributed by atoms with Gasteiger partial charge in [-0.05, 0) is 24.0 Å². The predicted octanol–water partition coefficient (Wildman–Crippen LogP) is 3.03. The van der Waals surface area contributed by atoms with Crippen LogP contribution in [0, 0.1) is 5.92 Å². The molecule has 0 heterocycles. The first-order chi connectivity index (χ1) is 10.2. The molecule has 1 fully saturated rings. The fourth-order valence-corrected chi connectivity index (χ4v) is 2.75. The van der Waals surface area contributed by atoms with E-state index in [0.717, 1.165) is 11.1 Å². The molecule has 0 aliphatic heterocycles. The van der Waals surface area contributed by atoms with Gasteiger partial charge in [0.05, 0.1) is 11.5 Å². The Morgan fingerprint density at radius 1 is 1.05 bits per heavy atom. The van der Waals surface area contributed by atoms with Crippen LogP contribution in [0.4, 0.5) is 0 Å². The molecule has 0 radical (unpaired) electrons. The number of carbonyl (C=O) groups is 1. The Bertz CT molecular complexity index is 601. The van der Waals surface area contributed by atoms with Gasteiger partial charge in [-0.3, -0.25) is 4.79 Å². The molecule has 1 N–H and O–H groups in total. The second kappa shape index (κ2) is 5.70. The monoisotopic (exact) mass is 282 g/mol. The Morgan fingerprint density at radius 2 is 1.62 bits per heavy atom. The molecule has 3 nitrogen and oxygen atoms in total. The molecule has 0 unspecified atom stereocenters. The number of rotatable bonds is 4. The van der Waals surface area contributed by atoms with Gasteiger partial charge in [-0.25, -0.2) is 0 Å². The Morgan fingerprint density at radius 3 is 2.24 bits per heavy atom. The molecule has 3 rings (SSSR count). The molecule has 0 aromatic heterocycles. The van der Waals surface area contributed by atoms with Crippen LogP contribution in [0.1, 0.15) is 24.0 Å². The lowest BCUT2D eigenvalue weighted by Gasteiger charge is -2.42. The van der Waals surface area contributed by atoms with Crippen LogP contribution in [0.5, 0.6) is 0 Å². The van der Waals surface area contributed by atoms with Crippen LogP contribution in [-0.4, -0.2) is 11.1 Å². The maximum absolute atomic E-state index is 12.0. The average molecular weight is 282 g/mol. The highest BCUT2D eigenvalue weighted by Crippen LogP contribution is 2.46. The van der Waals surface area contributed by atoms with Crippen LogP contribution in [0.25, 0.3) is 0 Å². The zero-order valence-corrected chi connectivity index (χ0v) is 11.7. The highest BCUT2D eigenvalue weighted by atomic mass is 16.5. The number of aliphatic hydroxyl groups is 1. The number of hydrogen-bond donors (Lipinski definition) is 1. The van der Waals surface area contributed by atoms with Crippen molar-refractivity contribution < 1.29 is 14.6 Å². The summed E-state index contributed by atoms with van der Waals surface area (Å²) in [7, 11) is 0. The molecule has 2 aromatic rings. The quantitative estimate of drug-likeness (QED) is 0.877. The van der Waals surface area contributed by atoms with Crippen molar-refractivity contribution in [2.45, 2.75) is 25.0 Å². The van der Waals surface area contributed by atoms with Crippen molar-refractivity contribution >= 4 is 5.97 Å². The van der Waals surface area contributed by atoms with E-state index in [1.807, 2.05) is 60.7 Å². The average Bonchev–Trinajstić information content (AvgIpc) is 2.51. The van der Waals surface area contributed by atoms with Gasteiger partial charge in [0.15, 0.2) is 0 Å². The fraction of sp³-hybridized carbons (Fsp3) is 0.278. The third-order valence-corrected chi connectivity index (χ3v) is 4.04. The van der Waals surface area contributed by atoms with Crippen LogP contribution in [0.3, 0.4) is 0 Å². The van der Waals surface area contributed by atoms with Crippen molar-refractivity contribution in [1.29, 1.82) is 0 Å². The van der Waals surface area contributed by atoms with Gasteiger partial charge in [-0.1, -0.05) is 60.7 Å². The summed E-state index contributed by atoms with van der Waals surface area (Å²) in [6.07, 6.45) is 0.870. The predicted molar refractivity (Wildman–Crippen MR) is 79.3 cm³/mol. The minimum atomic E-state index is -0.877. The first-order valence-electron chi connectivity index (χ1n) is 7.16. The number of hydrogen-bond acceptors (Lipinski definition) is 3. The fourth-order valence-electron chi connectivity index (χ4n) is 2.75. The smallest absolute Gasteiger partial charge is 0.309 e. The molecule has 1 aliphatic rings. The highest BCUT2D eigenvalue weighted by molar-refractivity contribution is 5.74. The van der Waals surface area contributed by atoms with Gasteiger partial charge >= 0.3 is 5.97 Å². The lowest BCUT2D eigenvalue weighted by molar-refractivity contribution is -0.167. The molecule has 3 heteroatoms. The van der Waals surface area contributed by atoms with Gasteiger partial charge in [0.1, 0.15) is 6.61 Å². The largest absolute Gasteiger partial charge is 0.461 e. The first-order valence-corrected chi connectivity index (χ1v) is 7.16. The van der Waals surface area contributed by atoms with Gasteiger partial charge in [-0.15, -0.1) is 0 Å². The van der Waals surface area contributed by atoms with Crippen molar-refractivity contribution in [3.63, 3.8) is 0 Å². The van der Waals surface area contributed by atoms with E-state index in [2.05, 4.69) is 0 Å². The summed E-state index contributed by atoms with van der Waals surface area (Å²) in [4.78, 5) is 12.0. The summed E-state index contributed by atoms with van der Waals surface area (Å²) in [5, 5.41) is 10.5. The molecular weight excluding hydrogens is 264 g/mol. The minimum Gasteiger partial charge on any atom is -0.461 e. The molecule has 0 spiro atoms. The Balaban J connectivity index is 1.53. The summed E-state index contributed by atoms with van der Waals surface area (Å²) in [5.41, 5.74) is 0.970. The van der Waals surface area contributed by atoms with E-state index in [4.69, 9.17) is 4.74 Å². The van der Waals surface area contributed by atoms with Crippen molar-refractivity contribution in [3.8, 4) is 0 Å². The molecule has 0 saturated heterocycles. The number of esters is 1. The summed E-state index contributed by atoms with van der Waals surface area (Å²) in [6.45, 7) is 0.292. The third-order valence-electron chi connectivity index (χ3n) is 4.04.